The van der Waals surface area contributed by atoms with Crippen LogP contribution in [0.5, 0.6) is 0 Å². The van der Waals surface area contributed by atoms with E-state index >= 15 is 0 Å². The third-order valence-electron chi connectivity index (χ3n) is 4.06. The van der Waals surface area contributed by atoms with Gasteiger partial charge in [-0.15, -0.1) is 10.2 Å². The van der Waals surface area contributed by atoms with Crippen LogP contribution >= 0.6 is 11.3 Å². The summed E-state index contributed by atoms with van der Waals surface area (Å²) >= 11 is 0.350. The molecule has 0 aliphatic heterocycles. The van der Waals surface area contributed by atoms with Crippen LogP contribution in [-0.4, -0.2) is 32.0 Å². The van der Waals surface area contributed by atoms with Crippen LogP contribution in [0.3, 0.4) is 0 Å². The third kappa shape index (κ3) is 5.48. The minimum absolute atomic E-state index is 0.142. The summed E-state index contributed by atoms with van der Waals surface area (Å²) < 4.78 is 38.1. The van der Waals surface area contributed by atoms with Gasteiger partial charge in [-0.3, -0.25) is 14.6 Å². The average Bonchev–Trinajstić information content (AvgIpc) is 3.23. The Morgan fingerprint density at radius 1 is 1.16 bits per heavy atom. The SMILES string of the molecule is C=CC(=O)Nc1ccc(-c2cncc(C(C)C(=O)Nc3ncc(C(F)(F)F)s3)c2)nn1. The third-order valence-corrected chi connectivity index (χ3v) is 5.02. The average molecular weight is 448 g/mol. The molecule has 0 fully saturated rings. The van der Waals surface area contributed by atoms with Gasteiger partial charge >= 0.3 is 6.18 Å². The molecule has 0 radical (unpaired) electrons. The number of aromatic nitrogens is 4. The summed E-state index contributed by atoms with van der Waals surface area (Å²) in [5.74, 6) is -1.43. The summed E-state index contributed by atoms with van der Waals surface area (Å²) in [4.78, 5) is 30.6. The van der Waals surface area contributed by atoms with Crippen molar-refractivity contribution in [3.05, 3.63) is 59.9 Å². The van der Waals surface area contributed by atoms with E-state index in [9.17, 15) is 22.8 Å². The number of alkyl halides is 3. The monoisotopic (exact) mass is 448 g/mol. The molecule has 0 saturated heterocycles. The van der Waals surface area contributed by atoms with Crippen molar-refractivity contribution in [1.82, 2.24) is 20.2 Å². The van der Waals surface area contributed by atoms with Crippen LogP contribution < -0.4 is 10.6 Å². The Labute approximate surface area is 178 Å². The Hall–Kier alpha value is -3.67. The minimum atomic E-state index is -4.52. The van der Waals surface area contributed by atoms with E-state index in [1.165, 1.54) is 12.4 Å². The van der Waals surface area contributed by atoms with Crippen molar-refractivity contribution in [3.63, 3.8) is 0 Å². The number of amides is 2. The summed E-state index contributed by atoms with van der Waals surface area (Å²) in [5.41, 5.74) is 1.54. The van der Waals surface area contributed by atoms with Gasteiger partial charge < -0.3 is 10.6 Å². The maximum absolute atomic E-state index is 12.7. The molecular formula is C19H15F3N6O2S. The fourth-order valence-corrected chi connectivity index (χ4v) is 3.08. The fraction of sp³-hybridized carbons (Fsp3) is 0.158. The van der Waals surface area contributed by atoms with Crippen LogP contribution in [-0.2, 0) is 15.8 Å². The first-order valence-corrected chi connectivity index (χ1v) is 9.55. The van der Waals surface area contributed by atoms with Crippen molar-refractivity contribution in [3.8, 4) is 11.3 Å². The molecule has 3 heterocycles. The molecule has 31 heavy (non-hydrogen) atoms. The molecule has 2 amide bonds. The zero-order valence-corrected chi connectivity index (χ0v) is 16.8. The molecule has 2 N–H and O–H groups in total. The van der Waals surface area contributed by atoms with E-state index in [4.69, 9.17) is 0 Å². The smallest absolute Gasteiger partial charge is 0.306 e. The van der Waals surface area contributed by atoms with Crippen molar-refractivity contribution in [1.29, 1.82) is 0 Å². The van der Waals surface area contributed by atoms with Gasteiger partial charge in [-0.1, -0.05) is 17.9 Å². The molecule has 0 aliphatic rings. The number of carbonyl (C=O) groups excluding carboxylic acids is 2. The van der Waals surface area contributed by atoms with Gasteiger partial charge in [0.1, 0.15) is 4.88 Å². The molecule has 3 rings (SSSR count). The predicted octanol–water partition coefficient (Wildman–Crippen LogP) is 3.88. The number of nitrogens with one attached hydrogen (secondary N) is 2. The maximum Gasteiger partial charge on any atom is 0.427 e. The zero-order chi connectivity index (χ0) is 22.6. The number of pyridine rings is 1. The molecule has 3 aromatic rings. The number of thiazole rings is 1. The van der Waals surface area contributed by atoms with Gasteiger partial charge in [0.05, 0.1) is 17.8 Å². The second-order valence-corrected chi connectivity index (χ2v) is 7.27. The summed E-state index contributed by atoms with van der Waals surface area (Å²) in [6, 6.07) is 4.84. The van der Waals surface area contributed by atoms with Crippen LogP contribution in [0.2, 0.25) is 0 Å². The molecule has 0 aliphatic carbocycles. The molecular weight excluding hydrogens is 433 g/mol. The minimum Gasteiger partial charge on any atom is -0.306 e. The molecule has 1 unspecified atom stereocenters. The lowest BCUT2D eigenvalue weighted by atomic mass is 10.00. The summed E-state index contributed by atoms with van der Waals surface area (Å²) in [6.45, 7) is 4.94. The van der Waals surface area contributed by atoms with Crippen molar-refractivity contribution in [2.75, 3.05) is 10.6 Å². The van der Waals surface area contributed by atoms with Crippen molar-refractivity contribution in [2.45, 2.75) is 19.0 Å². The van der Waals surface area contributed by atoms with E-state index in [-0.39, 0.29) is 10.9 Å². The Balaban J connectivity index is 1.73. The lowest BCUT2D eigenvalue weighted by Crippen LogP contribution is -2.19. The van der Waals surface area contributed by atoms with Crippen molar-refractivity contribution < 1.29 is 22.8 Å². The zero-order valence-electron chi connectivity index (χ0n) is 16.0. The molecule has 0 bridgehead atoms. The molecule has 0 aromatic carbocycles. The van der Waals surface area contributed by atoms with Crippen molar-refractivity contribution >= 4 is 34.1 Å². The highest BCUT2D eigenvalue weighted by Crippen LogP contribution is 2.35. The van der Waals surface area contributed by atoms with Gasteiger partial charge in [0.2, 0.25) is 11.8 Å². The molecule has 3 aromatic heterocycles. The van der Waals surface area contributed by atoms with Crippen molar-refractivity contribution in [2.24, 2.45) is 0 Å². The van der Waals surface area contributed by atoms with E-state index < -0.39 is 28.8 Å². The van der Waals surface area contributed by atoms with Gasteiger partial charge in [0, 0.05) is 18.0 Å². The number of hydrogen-bond acceptors (Lipinski definition) is 7. The number of hydrogen-bond donors (Lipinski definition) is 2. The Morgan fingerprint density at radius 2 is 1.94 bits per heavy atom. The first kappa shape index (κ1) is 22.0. The maximum atomic E-state index is 12.7. The molecule has 160 valence electrons. The highest BCUT2D eigenvalue weighted by Gasteiger charge is 2.33. The summed E-state index contributed by atoms with van der Waals surface area (Å²) in [5, 5.41) is 12.6. The topological polar surface area (TPSA) is 110 Å². The van der Waals surface area contributed by atoms with Gasteiger partial charge in [-0.2, -0.15) is 13.2 Å². The van der Waals surface area contributed by atoms with E-state index in [2.05, 4.69) is 37.4 Å². The normalized spacial score (nSPS) is 12.1. The van der Waals surface area contributed by atoms with Gasteiger partial charge in [-0.05, 0) is 36.8 Å². The quantitative estimate of drug-likeness (QED) is 0.554. The highest BCUT2D eigenvalue weighted by molar-refractivity contribution is 7.15. The van der Waals surface area contributed by atoms with E-state index in [0.29, 0.717) is 34.4 Å². The summed E-state index contributed by atoms with van der Waals surface area (Å²) in [7, 11) is 0. The van der Waals surface area contributed by atoms with Gasteiger partial charge in [0.15, 0.2) is 10.9 Å². The van der Waals surface area contributed by atoms with Crippen LogP contribution in [0.15, 0.2) is 49.4 Å². The van der Waals surface area contributed by atoms with E-state index in [1.807, 2.05) is 0 Å². The fourth-order valence-electron chi connectivity index (χ4n) is 2.39. The first-order chi connectivity index (χ1) is 14.7. The molecule has 12 heteroatoms. The van der Waals surface area contributed by atoms with Crippen LogP contribution in [0, 0.1) is 0 Å². The lowest BCUT2D eigenvalue weighted by molar-refractivity contribution is -0.134. The standard InChI is InChI=1S/C19H15F3N6O2S/c1-3-16(29)25-15-5-4-13(27-28-15)12-6-11(7-23-8-12)10(2)17(30)26-18-24-9-14(31-18)19(20,21)22/h3-10H,1H2,2H3,(H,24,26,30)(H,25,28,29). The Kier molecular flexibility index (Phi) is 6.39. The van der Waals surface area contributed by atoms with Crippen LogP contribution in [0.25, 0.3) is 11.3 Å². The first-order valence-electron chi connectivity index (χ1n) is 8.73. The largest absolute Gasteiger partial charge is 0.427 e. The number of carbonyl (C=O) groups is 2. The highest BCUT2D eigenvalue weighted by atomic mass is 32.1. The predicted molar refractivity (Wildman–Crippen MR) is 108 cm³/mol. The number of halogens is 3. The van der Waals surface area contributed by atoms with Crippen LogP contribution in [0.4, 0.5) is 24.1 Å². The molecule has 8 nitrogen and oxygen atoms in total. The molecule has 1 atom stereocenters. The van der Waals surface area contributed by atoms with E-state index in [0.717, 1.165) is 6.08 Å². The van der Waals surface area contributed by atoms with Gasteiger partial charge in [-0.25, -0.2) is 4.98 Å². The Morgan fingerprint density at radius 3 is 2.55 bits per heavy atom. The van der Waals surface area contributed by atoms with Gasteiger partial charge in [0.25, 0.3) is 0 Å². The Bertz CT molecular complexity index is 1110. The second-order valence-electron chi connectivity index (χ2n) is 6.24. The summed E-state index contributed by atoms with van der Waals surface area (Å²) in [6.07, 6.45) is 0.257. The number of anilines is 2. The molecule has 0 saturated carbocycles. The lowest BCUT2D eigenvalue weighted by Gasteiger charge is -2.12. The molecule has 0 spiro atoms. The van der Waals surface area contributed by atoms with E-state index in [1.54, 1.807) is 25.1 Å². The number of rotatable bonds is 6. The number of nitrogens with zero attached hydrogens (tertiary/aromatic N) is 4. The second kappa shape index (κ2) is 9.00. The van der Waals surface area contributed by atoms with Crippen LogP contribution in [0.1, 0.15) is 23.3 Å².